The number of rotatable bonds is 10. The number of allylic oxidation sites excluding steroid dienone is 1. The van der Waals surface area contributed by atoms with Gasteiger partial charge in [-0.15, -0.1) is 6.58 Å². The number of imide groups is 2. The summed E-state index contributed by atoms with van der Waals surface area (Å²) in [5.74, 6) is -0.519. The molecule has 39 heavy (non-hydrogen) atoms. The van der Waals surface area contributed by atoms with Gasteiger partial charge in [-0.3, -0.25) is 14.9 Å². The first kappa shape index (κ1) is 27.1. The highest BCUT2D eigenvalue weighted by Gasteiger charge is 2.37. The van der Waals surface area contributed by atoms with Gasteiger partial charge in [0.25, 0.3) is 11.8 Å². The van der Waals surface area contributed by atoms with Crippen LogP contribution in [0, 0.1) is 5.82 Å². The third kappa shape index (κ3) is 6.15. The van der Waals surface area contributed by atoms with Gasteiger partial charge < -0.3 is 14.2 Å². The second-order valence-electron chi connectivity index (χ2n) is 8.50. The Balaban J connectivity index is 1.66. The number of halogens is 1. The Morgan fingerprint density at radius 1 is 1.00 bits per heavy atom. The third-order valence-electron chi connectivity index (χ3n) is 5.85. The molecule has 3 aromatic carbocycles. The van der Waals surface area contributed by atoms with E-state index < -0.39 is 17.8 Å². The molecular weight excluding hydrogens is 503 g/mol. The lowest BCUT2D eigenvalue weighted by Gasteiger charge is -2.26. The van der Waals surface area contributed by atoms with E-state index in [4.69, 9.17) is 14.2 Å². The number of carbonyl (C=O) groups excluding carboxylic acids is 3. The van der Waals surface area contributed by atoms with E-state index in [0.29, 0.717) is 41.4 Å². The maximum Gasteiger partial charge on any atom is 0.335 e. The molecule has 1 heterocycles. The summed E-state index contributed by atoms with van der Waals surface area (Å²) in [6.45, 7) is 6.28. The van der Waals surface area contributed by atoms with E-state index in [1.165, 1.54) is 25.3 Å². The third-order valence-corrected chi connectivity index (χ3v) is 5.85. The van der Waals surface area contributed by atoms with E-state index in [1.807, 2.05) is 6.92 Å². The lowest BCUT2D eigenvalue weighted by Crippen LogP contribution is -2.54. The molecule has 0 saturated carbocycles. The van der Waals surface area contributed by atoms with Crippen LogP contribution < -0.4 is 24.4 Å². The van der Waals surface area contributed by atoms with E-state index in [0.717, 1.165) is 10.5 Å². The SMILES string of the molecule is C=CCc1cc(/C=C2\C(=O)NC(=O)N(c3ccc(OCC)cc3)C2=O)cc(OC)c1OCc1ccc(F)cc1. The molecule has 3 aromatic rings. The van der Waals surface area contributed by atoms with Crippen molar-refractivity contribution in [2.45, 2.75) is 20.0 Å². The molecule has 0 radical (unpaired) electrons. The van der Waals surface area contributed by atoms with Crippen molar-refractivity contribution in [3.63, 3.8) is 0 Å². The van der Waals surface area contributed by atoms with Gasteiger partial charge >= 0.3 is 6.03 Å². The quantitative estimate of drug-likeness (QED) is 0.220. The fourth-order valence-corrected chi connectivity index (χ4v) is 4.04. The Kier molecular flexibility index (Phi) is 8.40. The molecule has 4 rings (SSSR count). The molecule has 0 spiro atoms. The summed E-state index contributed by atoms with van der Waals surface area (Å²) in [5, 5.41) is 2.22. The highest BCUT2D eigenvalue weighted by Crippen LogP contribution is 2.35. The second-order valence-corrected chi connectivity index (χ2v) is 8.50. The van der Waals surface area contributed by atoms with Gasteiger partial charge in [-0.05, 0) is 79.1 Å². The van der Waals surface area contributed by atoms with Crippen LogP contribution in [0.2, 0.25) is 0 Å². The summed E-state index contributed by atoms with van der Waals surface area (Å²) in [4.78, 5) is 39.5. The van der Waals surface area contributed by atoms with Gasteiger partial charge in [0.2, 0.25) is 0 Å². The number of anilines is 1. The fraction of sp³-hybridized carbons (Fsp3) is 0.167. The van der Waals surface area contributed by atoms with E-state index in [1.54, 1.807) is 54.6 Å². The first-order chi connectivity index (χ1) is 18.8. The van der Waals surface area contributed by atoms with E-state index in [9.17, 15) is 18.8 Å². The molecule has 0 unspecified atom stereocenters. The van der Waals surface area contributed by atoms with Crippen LogP contribution in [0.25, 0.3) is 6.08 Å². The minimum atomic E-state index is -0.847. The summed E-state index contributed by atoms with van der Waals surface area (Å²) >= 11 is 0. The Labute approximate surface area is 225 Å². The summed E-state index contributed by atoms with van der Waals surface area (Å²) in [6.07, 6.45) is 3.48. The Morgan fingerprint density at radius 3 is 2.36 bits per heavy atom. The number of nitrogens with zero attached hydrogens (tertiary/aromatic N) is 1. The molecule has 1 N–H and O–H groups in total. The zero-order valence-electron chi connectivity index (χ0n) is 21.5. The largest absolute Gasteiger partial charge is 0.494 e. The van der Waals surface area contributed by atoms with Gasteiger partial charge in [-0.25, -0.2) is 14.1 Å². The maximum absolute atomic E-state index is 13.3. The standard InChI is InChI=1S/C30H27FN2O6/c1-4-6-21-15-20(17-26(37-3)27(21)39-18-19-7-9-22(31)10-8-19)16-25-28(34)32-30(36)33(29(25)35)23-11-13-24(14-12-23)38-5-2/h4,7-17H,1,5-6,18H2,2-3H3,(H,32,34,36)/b25-16+. The molecule has 1 fully saturated rings. The number of ether oxygens (including phenoxy) is 3. The number of carbonyl (C=O) groups is 3. The van der Waals surface area contributed by atoms with Crippen molar-refractivity contribution < 1.29 is 33.0 Å². The molecule has 4 amide bonds. The smallest absolute Gasteiger partial charge is 0.335 e. The Hall–Kier alpha value is -4.92. The first-order valence-corrected chi connectivity index (χ1v) is 12.2. The van der Waals surface area contributed by atoms with Crippen molar-refractivity contribution in [1.82, 2.24) is 5.32 Å². The van der Waals surface area contributed by atoms with Gasteiger partial charge in [-0.1, -0.05) is 18.2 Å². The van der Waals surface area contributed by atoms with Crippen molar-refractivity contribution in [3.05, 3.63) is 101 Å². The minimum Gasteiger partial charge on any atom is -0.494 e. The monoisotopic (exact) mass is 530 g/mol. The molecule has 0 aliphatic carbocycles. The molecular formula is C30H27FN2O6. The molecule has 200 valence electrons. The number of nitrogens with one attached hydrogen (secondary N) is 1. The predicted octanol–water partition coefficient (Wildman–Crippen LogP) is 5.21. The van der Waals surface area contributed by atoms with Crippen LogP contribution in [0.1, 0.15) is 23.6 Å². The molecule has 0 bridgehead atoms. The van der Waals surface area contributed by atoms with Gasteiger partial charge in [-0.2, -0.15) is 0 Å². The van der Waals surface area contributed by atoms with Gasteiger partial charge in [0.15, 0.2) is 11.5 Å². The summed E-state index contributed by atoms with van der Waals surface area (Å²) in [6, 6.07) is 14.9. The lowest BCUT2D eigenvalue weighted by molar-refractivity contribution is -0.122. The molecule has 1 aliphatic heterocycles. The van der Waals surface area contributed by atoms with Crippen LogP contribution >= 0.6 is 0 Å². The van der Waals surface area contributed by atoms with Crippen LogP contribution in [0.15, 0.2) is 78.9 Å². The van der Waals surface area contributed by atoms with Gasteiger partial charge in [0.1, 0.15) is 23.7 Å². The Bertz CT molecular complexity index is 1430. The van der Waals surface area contributed by atoms with Crippen molar-refractivity contribution >= 4 is 29.6 Å². The molecule has 0 aromatic heterocycles. The van der Waals surface area contributed by atoms with Crippen LogP contribution in [-0.4, -0.2) is 31.6 Å². The number of benzene rings is 3. The number of hydrogen-bond acceptors (Lipinski definition) is 6. The average Bonchev–Trinajstić information content (AvgIpc) is 2.92. The first-order valence-electron chi connectivity index (χ1n) is 12.2. The fourth-order valence-electron chi connectivity index (χ4n) is 4.04. The van der Waals surface area contributed by atoms with Crippen LogP contribution in [-0.2, 0) is 22.6 Å². The maximum atomic E-state index is 13.3. The molecule has 1 aliphatic rings. The number of hydrogen-bond donors (Lipinski definition) is 1. The van der Waals surface area contributed by atoms with E-state index >= 15 is 0 Å². The van der Waals surface area contributed by atoms with Crippen LogP contribution in [0.4, 0.5) is 14.9 Å². The number of methoxy groups -OCH3 is 1. The zero-order valence-corrected chi connectivity index (χ0v) is 21.5. The van der Waals surface area contributed by atoms with Crippen molar-refractivity contribution in [2.24, 2.45) is 0 Å². The lowest BCUT2D eigenvalue weighted by atomic mass is 10.0. The normalized spacial score (nSPS) is 14.3. The van der Waals surface area contributed by atoms with E-state index in [2.05, 4.69) is 11.9 Å². The molecule has 1 saturated heterocycles. The summed E-state index contributed by atoms with van der Waals surface area (Å²) in [5.41, 5.74) is 2.00. The highest BCUT2D eigenvalue weighted by molar-refractivity contribution is 6.39. The molecule has 0 atom stereocenters. The number of urea groups is 1. The van der Waals surface area contributed by atoms with Crippen LogP contribution in [0.3, 0.4) is 0 Å². The van der Waals surface area contributed by atoms with Crippen molar-refractivity contribution in [3.8, 4) is 17.2 Å². The van der Waals surface area contributed by atoms with Crippen molar-refractivity contribution in [1.29, 1.82) is 0 Å². The summed E-state index contributed by atoms with van der Waals surface area (Å²) < 4.78 is 30.2. The van der Waals surface area contributed by atoms with Gasteiger partial charge in [0, 0.05) is 5.56 Å². The van der Waals surface area contributed by atoms with E-state index in [-0.39, 0.29) is 23.7 Å². The number of amides is 4. The van der Waals surface area contributed by atoms with Crippen molar-refractivity contribution in [2.75, 3.05) is 18.6 Å². The second kappa shape index (κ2) is 12.1. The molecule has 9 heteroatoms. The average molecular weight is 531 g/mol. The van der Waals surface area contributed by atoms with Gasteiger partial charge in [0.05, 0.1) is 19.4 Å². The zero-order chi connectivity index (χ0) is 27.9. The number of barbiturate groups is 1. The Morgan fingerprint density at radius 2 is 1.72 bits per heavy atom. The molecule has 8 nitrogen and oxygen atoms in total. The van der Waals surface area contributed by atoms with Crippen LogP contribution in [0.5, 0.6) is 17.2 Å². The minimum absolute atomic E-state index is 0.168. The summed E-state index contributed by atoms with van der Waals surface area (Å²) in [7, 11) is 1.47. The topological polar surface area (TPSA) is 94.2 Å². The predicted molar refractivity (Wildman–Crippen MR) is 144 cm³/mol. The highest BCUT2D eigenvalue weighted by atomic mass is 19.1.